The Kier molecular flexibility index (Phi) is 6.85. The topological polar surface area (TPSA) is 52.6 Å². The number of nitrogens with zero attached hydrogens (tertiary/aromatic N) is 1. The monoisotopic (exact) mass is 334 g/mol. The second-order valence-electron chi connectivity index (χ2n) is 8.48. The molecular weight excluding hydrogens is 300 g/mol. The number of carbonyl (C=O) groups is 1. The predicted octanol–water partition coefficient (Wildman–Crippen LogP) is 3.71. The van der Waals surface area contributed by atoms with Gasteiger partial charge in [0.25, 0.3) is 0 Å². The fraction of sp³-hybridized carbons (Fsp3) is 0.650. The van der Waals surface area contributed by atoms with Crippen LogP contribution in [-0.4, -0.2) is 42.3 Å². The molecule has 0 aliphatic carbocycles. The van der Waals surface area contributed by atoms with E-state index in [1.807, 2.05) is 7.05 Å². The molecular formula is C20H34N2O2. The third kappa shape index (κ3) is 6.52. The summed E-state index contributed by atoms with van der Waals surface area (Å²) in [7, 11) is 1.83. The Morgan fingerprint density at radius 3 is 2.25 bits per heavy atom. The summed E-state index contributed by atoms with van der Waals surface area (Å²) in [4.78, 5) is 14.1. The molecule has 0 saturated carbocycles. The lowest BCUT2D eigenvalue weighted by Crippen LogP contribution is -2.46. The van der Waals surface area contributed by atoms with Crippen LogP contribution >= 0.6 is 0 Å². The Hall–Kier alpha value is -1.55. The first-order valence-corrected chi connectivity index (χ1v) is 8.67. The highest BCUT2D eigenvalue weighted by molar-refractivity contribution is 5.74. The highest BCUT2D eigenvalue weighted by Crippen LogP contribution is 2.25. The van der Waals surface area contributed by atoms with Crippen molar-refractivity contribution in [1.29, 1.82) is 0 Å². The van der Waals surface area contributed by atoms with E-state index in [0.29, 0.717) is 19.5 Å². The van der Waals surface area contributed by atoms with Crippen LogP contribution in [0.15, 0.2) is 24.3 Å². The molecule has 0 aliphatic rings. The number of hydrogen-bond acceptors (Lipinski definition) is 2. The number of likely N-dealkylation sites (N-methyl/N-ethyl adjacent to an activating group) is 1. The fourth-order valence-corrected chi connectivity index (χ4v) is 3.08. The standard InChI is InChI=1S/C20H34N2O2/c1-15-8-10-17(11-9-15)20(5,6)14-22(7)18(24)21-13-19(3,4)12-16(2)23/h8-11,16,23H,12-14H2,1-7H3,(H,21,24). The van der Waals surface area contributed by atoms with Crippen molar-refractivity contribution in [2.75, 3.05) is 20.1 Å². The first-order valence-electron chi connectivity index (χ1n) is 8.67. The molecule has 0 saturated heterocycles. The summed E-state index contributed by atoms with van der Waals surface area (Å²) in [5, 5.41) is 12.5. The van der Waals surface area contributed by atoms with Gasteiger partial charge in [0.05, 0.1) is 6.10 Å². The maximum Gasteiger partial charge on any atom is 0.317 e. The highest BCUT2D eigenvalue weighted by Gasteiger charge is 2.26. The maximum atomic E-state index is 12.4. The highest BCUT2D eigenvalue weighted by atomic mass is 16.3. The van der Waals surface area contributed by atoms with E-state index in [4.69, 9.17) is 0 Å². The van der Waals surface area contributed by atoms with Gasteiger partial charge in [-0.1, -0.05) is 57.5 Å². The molecule has 0 aliphatic heterocycles. The van der Waals surface area contributed by atoms with Crippen LogP contribution in [0, 0.1) is 12.3 Å². The molecule has 0 heterocycles. The minimum atomic E-state index is -0.366. The molecule has 4 heteroatoms. The average Bonchev–Trinajstić information content (AvgIpc) is 2.43. The Bertz CT molecular complexity index is 533. The summed E-state index contributed by atoms with van der Waals surface area (Å²) in [6.07, 6.45) is 0.293. The number of aryl methyl sites for hydroxylation is 1. The SMILES string of the molecule is Cc1ccc(C(C)(C)CN(C)C(=O)NCC(C)(C)CC(C)O)cc1. The second-order valence-corrected chi connectivity index (χ2v) is 8.48. The van der Waals surface area contributed by atoms with Gasteiger partial charge in [0, 0.05) is 25.6 Å². The Labute approximate surface area is 147 Å². The fourth-order valence-electron chi connectivity index (χ4n) is 3.08. The van der Waals surface area contributed by atoms with Gasteiger partial charge in [0.15, 0.2) is 0 Å². The molecule has 1 aromatic carbocycles. The molecule has 24 heavy (non-hydrogen) atoms. The maximum absolute atomic E-state index is 12.4. The third-order valence-corrected chi connectivity index (χ3v) is 4.38. The van der Waals surface area contributed by atoms with E-state index in [9.17, 15) is 9.90 Å². The number of nitrogens with one attached hydrogen (secondary N) is 1. The molecule has 0 spiro atoms. The zero-order chi connectivity index (χ0) is 18.5. The van der Waals surface area contributed by atoms with Crippen molar-refractivity contribution < 1.29 is 9.90 Å². The minimum Gasteiger partial charge on any atom is -0.393 e. The molecule has 0 bridgehead atoms. The molecule has 1 rings (SSSR count). The average molecular weight is 335 g/mol. The van der Waals surface area contributed by atoms with Crippen LogP contribution in [0.25, 0.3) is 0 Å². The van der Waals surface area contributed by atoms with Crippen molar-refractivity contribution in [1.82, 2.24) is 10.2 Å². The summed E-state index contributed by atoms with van der Waals surface area (Å²) < 4.78 is 0. The number of aliphatic hydroxyl groups excluding tert-OH is 1. The predicted molar refractivity (Wildman–Crippen MR) is 100 cm³/mol. The molecule has 136 valence electrons. The van der Waals surface area contributed by atoms with Gasteiger partial charge in [-0.2, -0.15) is 0 Å². The summed E-state index contributed by atoms with van der Waals surface area (Å²) in [6, 6.07) is 8.40. The lowest BCUT2D eigenvalue weighted by atomic mass is 9.84. The summed E-state index contributed by atoms with van der Waals surface area (Å²) in [5.74, 6) is 0. The molecule has 0 fully saturated rings. The summed E-state index contributed by atoms with van der Waals surface area (Å²) in [5.41, 5.74) is 2.22. The summed E-state index contributed by atoms with van der Waals surface area (Å²) >= 11 is 0. The van der Waals surface area contributed by atoms with Gasteiger partial charge < -0.3 is 15.3 Å². The molecule has 1 unspecified atom stereocenters. The van der Waals surface area contributed by atoms with Crippen LogP contribution in [0.4, 0.5) is 4.79 Å². The van der Waals surface area contributed by atoms with Crippen molar-refractivity contribution in [3.63, 3.8) is 0 Å². The van der Waals surface area contributed by atoms with Gasteiger partial charge in [-0.25, -0.2) is 4.79 Å². The number of amides is 2. The van der Waals surface area contributed by atoms with Crippen LogP contribution in [-0.2, 0) is 5.41 Å². The van der Waals surface area contributed by atoms with Crippen LogP contribution in [0.2, 0.25) is 0 Å². The van der Waals surface area contributed by atoms with E-state index in [1.165, 1.54) is 11.1 Å². The van der Waals surface area contributed by atoms with E-state index in [0.717, 1.165) is 0 Å². The first-order chi connectivity index (χ1) is 10.9. The van der Waals surface area contributed by atoms with Gasteiger partial charge in [0.2, 0.25) is 0 Å². The molecule has 2 N–H and O–H groups in total. The van der Waals surface area contributed by atoms with Crippen molar-refractivity contribution in [2.24, 2.45) is 5.41 Å². The lowest BCUT2D eigenvalue weighted by Gasteiger charge is -2.32. The van der Waals surface area contributed by atoms with Gasteiger partial charge in [-0.05, 0) is 31.2 Å². The molecule has 1 atom stereocenters. The van der Waals surface area contributed by atoms with E-state index >= 15 is 0 Å². The van der Waals surface area contributed by atoms with E-state index in [2.05, 4.69) is 64.2 Å². The van der Waals surface area contributed by atoms with Gasteiger partial charge >= 0.3 is 6.03 Å². The van der Waals surface area contributed by atoms with Crippen molar-refractivity contribution in [3.8, 4) is 0 Å². The van der Waals surface area contributed by atoms with Crippen LogP contribution in [0.3, 0.4) is 0 Å². The quantitative estimate of drug-likeness (QED) is 0.798. The number of benzene rings is 1. The molecule has 0 aromatic heterocycles. The number of aliphatic hydroxyl groups is 1. The third-order valence-electron chi connectivity index (χ3n) is 4.38. The Balaban J connectivity index is 2.61. The molecule has 0 radical (unpaired) electrons. The Morgan fingerprint density at radius 2 is 1.75 bits per heavy atom. The minimum absolute atomic E-state index is 0.0751. The van der Waals surface area contributed by atoms with Gasteiger partial charge in [-0.3, -0.25) is 0 Å². The molecule has 1 aromatic rings. The molecule has 4 nitrogen and oxygen atoms in total. The zero-order valence-corrected chi connectivity index (χ0v) is 16.3. The second kappa shape index (κ2) is 8.02. The van der Waals surface area contributed by atoms with E-state index < -0.39 is 0 Å². The normalized spacial score (nSPS) is 13.5. The first kappa shape index (κ1) is 20.5. The number of urea groups is 1. The van der Waals surface area contributed by atoms with E-state index in [1.54, 1.807) is 11.8 Å². The van der Waals surface area contributed by atoms with Crippen molar-refractivity contribution in [3.05, 3.63) is 35.4 Å². The smallest absolute Gasteiger partial charge is 0.317 e. The number of hydrogen-bond donors (Lipinski definition) is 2. The van der Waals surface area contributed by atoms with Gasteiger partial charge in [0.1, 0.15) is 0 Å². The van der Waals surface area contributed by atoms with Crippen LogP contribution in [0.1, 0.15) is 52.2 Å². The zero-order valence-electron chi connectivity index (χ0n) is 16.3. The van der Waals surface area contributed by atoms with Gasteiger partial charge in [-0.15, -0.1) is 0 Å². The summed E-state index contributed by atoms with van der Waals surface area (Å²) in [6.45, 7) is 13.4. The van der Waals surface area contributed by atoms with Crippen LogP contribution in [0.5, 0.6) is 0 Å². The lowest BCUT2D eigenvalue weighted by molar-refractivity contribution is 0.126. The van der Waals surface area contributed by atoms with Crippen LogP contribution < -0.4 is 5.32 Å². The van der Waals surface area contributed by atoms with Crippen molar-refractivity contribution >= 4 is 6.03 Å². The number of rotatable bonds is 7. The largest absolute Gasteiger partial charge is 0.393 e. The number of carbonyl (C=O) groups excluding carboxylic acids is 1. The Morgan fingerprint density at radius 1 is 1.21 bits per heavy atom. The molecule has 2 amide bonds. The van der Waals surface area contributed by atoms with E-state index in [-0.39, 0.29) is 23.0 Å². The van der Waals surface area contributed by atoms with Crippen molar-refractivity contribution in [2.45, 2.75) is 59.5 Å².